The fraction of sp³-hybridized carbons (Fsp3) is 0.0500. The van der Waals surface area contributed by atoms with Crippen molar-refractivity contribution < 1.29 is 19.2 Å². The topological polar surface area (TPSA) is 123 Å². The molecule has 2 aromatic carbocycles. The van der Waals surface area contributed by atoms with Crippen LogP contribution < -0.4 is 20.9 Å². The Hall–Kier alpha value is -4.05. The summed E-state index contributed by atoms with van der Waals surface area (Å²) in [6.45, 7) is 3.80. The third-order valence-corrected chi connectivity index (χ3v) is 3.75. The van der Waals surface area contributed by atoms with Gasteiger partial charge in [0, 0.05) is 18.2 Å². The second kappa shape index (κ2) is 11.1. The van der Waals surface area contributed by atoms with Gasteiger partial charge >= 0.3 is 0 Å². The van der Waals surface area contributed by atoms with E-state index in [1.807, 2.05) is 0 Å². The van der Waals surface area contributed by atoms with Gasteiger partial charge in [-0.25, -0.2) is 0 Å². The van der Waals surface area contributed by atoms with E-state index in [1.54, 1.807) is 30.3 Å². The Balaban J connectivity index is 1.85. The van der Waals surface area contributed by atoms with Crippen LogP contribution in [0.5, 0.6) is 5.75 Å². The predicted octanol–water partition coefficient (Wildman–Crippen LogP) is 2.51. The average molecular weight is 426 g/mol. The van der Waals surface area contributed by atoms with Gasteiger partial charge in [0.25, 0.3) is 11.6 Å². The van der Waals surface area contributed by atoms with Crippen molar-refractivity contribution >= 4 is 40.9 Å². The number of hydrogen-bond donors (Lipinski definition) is 3. The first-order chi connectivity index (χ1) is 14.4. The fourth-order valence-corrected chi connectivity index (χ4v) is 2.33. The number of ether oxygens (including phenoxy) is 1. The molecule has 30 heavy (non-hydrogen) atoms. The molecule has 0 unspecified atom stereocenters. The highest BCUT2D eigenvalue weighted by atomic mass is 32.1. The minimum absolute atomic E-state index is 0.0470. The van der Waals surface area contributed by atoms with Crippen LogP contribution in [0.15, 0.2) is 67.3 Å². The lowest BCUT2D eigenvalue weighted by Gasteiger charge is -2.12. The van der Waals surface area contributed by atoms with Crippen LogP contribution in [-0.4, -0.2) is 28.5 Å². The molecule has 0 atom stereocenters. The number of nitro benzene ring substituents is 1. The van der Waals surface area contributed by atoms with Gasteiger partial charge in [-0.2, -0.15) is 0 Å². The summed E-state index contributed by atoms with van der Waals surface area (Å²) >= 11 is 4.97. The minimum Gasteiger partial charge on any atom is -0.489 e. The Morgan fingerprint density at radius 3 is 2.50 bits per heavy atom. The summed E-state index contributed by atoms with van der Waals surface area (Å²) in [7, 11) is 0. The summed E-state index contributed by atoms with van der Waals surface area (Å²) in [4.78, 5) is 34.3. The molecule has 0 radical (unpaired) electrons. The molecule has 0 saturated carbocycles. The number of rotatable bonds is 7. The monoisotopic (exact) mass is 426 g/mol. The van der Waals surface area contributed by atoms with Crippen LogP contribution in [0.25, 0.3) is 6.08 Å². The van der Waals surface area contributed by atoms with Crippen LogP contribution in [0.2, 0.25) is 0 Å². The van der Waals surface area contributed by atoms with E-state index in [2.05, 4.69) is 22.7 Å². The van der Waals surface area contributed by atoms with Crippen molar-refractivity contribution in [3.8, 4) is 5.75 Å². The Morgan fingerprint density at radius 2 is 1.83 bits per heavy atom. The Morgan fingerprint density at radius 1 is 1.13 bits per heavy atom. The third-order valence-electron chi connectivity index (χ3n) is 3.55. The van der Waals surface area contributed by atoms with E-state index in [9.17, 15) is 19.7 Å². The smallest absolute Gasteiger partial charge is 0.273 e. The van der Waals surface area contributed by atoms with Crippen molar-refractivity contribution in [2.45, 2.75) is 0 Å². The number of carbonyl (C=O) groups excluding carboxylic acids is 2. The fourth-order valence-electron chi connectivity index (χ4n) is 2.17. The summed E-state index contributed by atoms with van der Waals surface area (Å²) < 4.78 is 5.42. The van der Waals surface area contributed by atoms with E-state index in [0.29, 0.717) is 11.3 Å². The van der Waals surface area contributed by atoms with E-state index >= 15 is 0 Å². The standard InChI is InChI=1S/C20H18N4O5S/c1-2-13-29-17-6-4-3-5-16(17)19(26)22-23-20(30)21-18(25)12-9-14-7-10-15(11-8-14)24(27)28/h2-12H,1,13H2,(H,22,26)(H2,21,23,25,30)/b12-9+. The largest absolute Gasteiger partial charge is 0.489 e. The molecule has 2 amide bonds. The highest BCUT2D eigenvalue weighted by Gasteiger charge is 2.12. The first-order valence-electron chi connectivity index (χ1n) is 8.57. The van der Waals surface area contributed by atoms with Gasteiger partial charge in [-0.15, -0.1) is 0 Å². The van der Waals surface area contributed by atoms with E-state index in [-0.39, 0.29) is 23.0 Å². The first kappa shape index (κ1) is 22.2. The van der Waals surface area contributed by atoms with E-state index in [4.69, 9.17) is 17.0 Å². The molecular weight excluding hydrogens is 408 g/mol. The van der Waals surface area contributed by atoms with Crippen LogP contribution in [-0.2, 0) is 4.79 Å². The molecule has 0 saturated heterocycles. The summed E-state index contributed by atoms with van der Waals surface area (Å²) in [5.74, 6) is -0.680. The average Bonchev–Trinajstić information content (AvgIpc) is 2.75. The Kier molecular flexibility index (Phi) is 8.21. The highest BCUT2D eigenvalue weighted by molar-refractivity contribution is 7.80. The molecule has 0 aliphatic carbocycles. The van der Waals surface area contributed by atoms with Gasteiger partial charge in [0.05, 0.1) is 10.5 Å². The maximum atomic E-state index is 12.3. The Labute approximate surface area is 177 Å². The molecule has 2 rings (SSSR count). The first-order valence-corrected chi connectivity index (χ1v) is 8.98. The second-order valence-corrected chi connectivity index (χ2v) is 6.08. The quantitative estimate of drug-likeness (QED) is 0.204. The minimum atomic E-state index is -0.546. The Bertz CT molecular complexity index is 989. The summed E-state index contributed by atoms with van der Waals surface area (Å²) in [5, 5.41) is 12.9. The molecule has 2 aromatic rings. The van der Waals surface area contributed by atoms with E-state index in [0.717, 1.165) is 0 Å². The molecule has 3 N–H and O–H groups in total. The lowest BCUT2D eigenvalue weighted by atomic mass is 10.2. The number of hydrazine groups is 1. The normalized spacial score (nSPS) is 10.1. The summed E-state index contributed by atoms with van der Waals surface area (Å²) in [6, 6.07) is 12.3. The predicted molar refractivity (Wildman–Crippen MR) is 116 cm³/mol. The van der Waals surface area contributed by atoms with Gasteiger partial charge in [0.1, 0.15) is 12.4 Å². The van der Waals surface area contributed by atoms with Gasteiger partial charge < -0.3 is 4.74 Å². The number of nitrogens with zero attached hydrogens (tertiary/aromatic N) is 1. The lowest BCUT2D eigenvalue weighted by molar-refractivity contribution is -0.384. The number of para-hydroxylation sites is 1. The molecule has 0 spiro atoms. The summed E-state index contributed by atoms with van der Waals surface area (Å²) in [5.41, 5.74) is 5.63. The SMILES string of the molecule is C=CCOc1ccccc1C(=O)NNC(=S)NC(=O)/C=C/c1ccc([N+](=O)[O-])cc1. The van der Waals surface area contributed by atoms with Crippen molar-refractivity contribution in [2.24, 2.45) is 0 Å². The molecule has 0 bridgehead atoms. The zero-order chi connectivity index (χ0) is 21.9. The molecule has 0 aromatic heterocycles. The maximum Gasteiger partial charge on any atom is 0.273 e. The lowest BCUT2D eigenvalue weighted by Crippen LogP contribution is -2.48. The van der Waals surface area contributed by atoms with Crippen molar-refractivity contribution in [1.82, 2.24) is 16.2 Å². The number of nitro groups is 1. The van der Waals surface area contributed by atoms with Crippen LogP contribution in [0.1, 0.15) is 15.9 Å². The number of benzene rings is 2. The van der Waals surface area contributed by atoms with Gasteiger partial charge in [0.2, 0.25) is 5.91 Å². The van der Waals surface area contributed by atoms with Gasteiger partial charge in [-0.3, -0.25) is 35.9 Å². The van der Waals surface area contributed by atoms with Crippen LogP contribution in [0, 0.1) is 10.1 Å². The zero-order valence-corrected chi connectivity index (χ0v) is 16.5. The number of non-ortho nitro benzene ring substituents is 1. The van der Waals surface area contributed by atoms with Crippen molar-refractivity contribution in [3.05, 3.63) is 88.5 Å². The number of amides is 2. The van der Waals surface area contributed by atoms with E-state index in [1.165, 1.54) is 36.4 Å². The van der Waals surface area contributed by atoms with E-state index < -0.39 is 16.7 Å². The zero-order valence-electron chi connectivity index (χ0n) is 15.7. The number of hydrogen-bond acceptors (Lipinski definition) is 6. The number of thiocarbonyl (C=S) groups is 1. The van der Waals surface area contributed by atoms with Crippen molar-refractivity contribution in [2.75, 3.05) is 6.61 Å². The van der Waals surface area contributed by atoms with Crippen LogP contribution in [0.3, 0.4) is 0 Å². The van der Waals surface area contributed by atoms with Crippen molar-refractivity contribution in [1.29, 1.82) is 0 Å². The third kappa shape index (κ3) is 6.84. The van der Waals surface area contributed by atoms with Gasteiger partial charge in [-0.1, -0.05) is 24.8 Å². The van der Waals surface area contributed by atoms with Gasteiger partial charge in [0.15, 0.2) is 5.11 Å². The van der Waals surface area contributed by atoms with Crippen LogP contribution in [0.4, 0.5) is 5.69 Å². The second-order valence-electron chi connectivity index (χ2n) is 5.68. The highest BCUT2D eigenvalue weighted by Crippen LogP contribution is 2.17. The molecule has 0 aliphatic heterocycles. The summed E-state index contributed by atoms with van der Waals surface area (Å²) in [6.07, 6.45) is 4.23. The molecule has 0 fully saturated rings. The molecule has 0 aliphatic rings. The van der Waals surface area contributed by atoms with Crippen LogP contribution >= 0.6 is 12.2 Å². The number of carbonyl (C=O) groups is 2. The molecule has 154 valence electrons. The number of nitrogens with one attached hydrogen (secondary N) is 3. The van der Waals surface area contributed by atoms with Crippen molar-refractivity contribution in [3.63, 3.8) is 0 Å². The molecule has 9 nitrogen and oxygen atoms in total. The van der Waals surface area contributed by atoms with Gasteiger partial charge in [-0.05, 0) is 48.1 Å². The molecule has 10 heteroatoms. The molecular formula is C20H18N4O5S. The molecule has 0 heterocycles. The maximum absolute atomic E-state index is 12.3.